The Morgan fingerprint density at radius 3 is 2.87 bits per heavy atom. The molecule has 124 valence electrons. The van der Waals surface area contributed by atoms with E-state index < -0.39 is 29.6 Å². The lowest BCUT2D eigenvalue weighted by molar-refractivity contribution is -0.147. The third-order valence-electron chi connectivity index (χ3n) is 4.41. The highest BCUT2D eigenvalue weighted by atomic mass is 19.2. The molecular weight excluding hydrogens is 308 g/mol. The summed E-state index contributed by atoms with van der Waals surface area (Å²) < 4.78 is 32.4. The highest BCUT2D eigenvalue weighted by Gasteiger charge is 2.48. The summed E-state index contributed by atoms with van der Waals surface area (Å²) in [6.07, 6.45) is 0.272. The Bertz CT molecular complexity index is 637. The number of morpholine rings is 1. The molecule has 23 heavy (non-hydrogen) atoms. The predicted octanol–water partition coefficient (Wildman–Crippen LogP) is 1.77. The molecular formula is C16H17F2NO4. The van der Waals surface area contributed by atoms with Gasteiger partial charge in [0.05, 0.1) is 25.7 Å². The fraction of sp³-hybridized carbons (Fsp3) is 0.500. The highest BCUT2D eigenvalue weighted by Crippen LogP contribution is 2.49. The molecule has 2 aliphatic rings. The number of rotatable bonds is 4. The summed E-state index contributed by atoms with van der Waals surface area (Å²) in [5.41, 5.74) is 0.214. The predicted molar refractivity (Wildman–Crippen MR) is 75.8 cm³/mol. The quantitative estimate of drug-likeness (QED) is 0.916. The average Bonchev–Trinajstić information content (AvgIpc) is 3.30. The van der Waals surface area contributed by atoms with Gasteiger partial charge in [0.2, 0.25) is 5.91 Å². The van der Waals surface area contributed by atoms with Crippen molar-refractivity contribution in [2.45, 2.75) is 24.8 Å². The number of carbonyl (C=O) groups is 2. The molecule has 1 N–H and O–H groups in total. The number of amides is 1. The first-order valence-electron chi connectivity index (χ1n) is 7.53. The molecule has 3 atom stereocenters. The van der Waals surface area contributed by atoms with Crippen LogP contribution in [-0.4, -0.2) is 47.7 Å². The molecule has 1 aliphatic carbocycles. The Labute approximate surface area is 131 Å². The van der Waals surface area contributed by atoms with Gasteiger partial charge >= 0.3 is 5.97 Å². The molecule has 1 saturated carbocycles. The van der Waals surface area contributed by atoms with E-state index in [4.69, 9.17) is 9.84 Å². The molecule has 1 saturated heterocycles. The van der Waals surface area contributed by atoms with Crippen LogP contribution in [0.1, 0.15) is 24.3 Å². The van der Waals surface area contributed by atoms with Gasteiger partial charge in [-0.3, -0.25) is 9.59 Å². The zero-order valence-electron chi connectivity index (χ0n) is 12.4. The van der Waals surface area contributed by atoms with E-state index in [-0.39, 0.29) is 30.4 Å². The Kier molecular flexibility index (Phi) is 4.30. The highest BCUT2D eigenvalue weighted by molar-refractivity contribution is 5.84. The van der Waals surface area contributed by atoms with E-state index in [1.54, 1.807) is 0 Å². The molecule has 1 heterocycles. The minimum absolute atomic E-state index is 0.183. The van der Waals surface area contributed by atoms with E-state index in [9.17, 15) is 18.4 Å². The lowest BCUT2D eigenvalue weighted by Crippen LogP contribution is -2.50. The summed E-state index contributed by atoms with van der Waals surface area (Å²) in [4.78, 5) is 25.0. The van der Waals surface area contributed by atoms with Crippen molar-refractivity contribution in [3.8, 4) is 0 Å². The van der Waals surface area contributed by atoms with Crippen LogP contribution in [0.25, 0.3) is 0 Å². The Morgan fingerprint density at radius 2 is 2.13 bits per heavy atom. The number of carboxylic acids is 1. The Balaban J connectivity index is 1.71. The van der Waals surface area contributed by atoms with Crippen LogP contribution in [0, 0.1) is 17.6 Å². The van der Waals surface area contributed by atoms with Gasteiger partial charge in [-0.25, -0.2) is 8.78 Å². The van der Waals surface area contributed by atoms with Gasteiger partial charge in [0.15, 0.2) is 11.6 Å². The smallest absolute Gasteiger partial charge is 0.305 e. The summed E-state index contributed by atoms with van der Waals surface area (Å²) in [5.74, 6) is -3.78. The molecule has 0 bridgehead atoms. The van der Waals surface area contributed by atoms with Crippen LogP contribution in [0.3, 0.4) is 0 Å². The molecule has 0 radical (unpaired) electrons. The zero-order chi connectivity index (χ0) is 16.6. The van der Waals surface area contributed by atoms with E-state index in [2.05, 4.69) is 0 Å². The molecule has 0 aromatic heterocycles. The van der Waals surface area contributed by atoms with Crippen LogP contribution < -0.4 is 0 Å². The van der Waals surface area contributed by atoms with E-state index in [1.807, 2.05) is 0 Å². The SMILES string of the molecule is O=C(O)CC1COCCN1C(=O)C1CC1c1cccc(F)c1F. The number of hydrogen-bond acceptors (Lipinski definition) is 3. The van der Waals surface area contributed by atoms with Crippen LogP contribution in [-0.2, 0) is 14.3 Å². The largest absolute Gasteiger partial charge is 0.481 e. The van der Waals surface area contributed by atoms with Gasteiger partial charge in [0.1, 0.15) is 0 Å². The number of ether oxygens (including phenoxy) is 1. The number of halogens is 2. The number of nitrogens with zero attached hydrogens (tertiary/aromatic N) is 1. The third-order valence-corrected chi connectivity index (χ3v) is 4.41. The molecule has 0 spiro atoms. The fourth-order valence-corrected chi connectivity index (χ4v) is 3.15. The topological polar surface area (TPSA) is 66.8 Å². The number of hydrogen-bond donors (Lipinski definition) is 1. The van der Waals surface area contributed by atoms with Crippen molar-refractivity contribution in [3.63, 3.8) is 0 Å². The van der Waals surface area contributed by atoms with Crippen molar-refractivity contribution in [3.05, 3.63) is 35.4 Å². The van der Waals surface area contributed by atoms with Crippen LogP contribution in [0.15, 0.2) is 18.2 Å². The van der Waals surface area contributed by atoms with Crippen LogP contribution in [0.2, 0.25) is 0 Å². The van der Waals surface area contributed by atoms with Gasteiger partial charge in [0, 0.05) is 12.5 Å². The van der Waals surface area contributed by atoms with Crippen LogP contribution in [0.4, 0.5) is 8.78 Å². The fourth-order valence-electron chi connectivity index (χ4n) is 3.15. The first-order chi connectivity index (χ1) is 11.0. The Hall–Kier alpha value is -2.02. The van der Waals surface area contributed by atoms with Crippen LogP contribution >= 0.6 is 0 Å². The lowest BCUT2D eigenvalue weighted by Gasteiger charge is -2.35. The maximum atomic E-state index is 13.8. The van der Waals surface area contributed by atoms with Crippen molar-refractivity contribution in [2.75, 3.05) is 19.8 Å². The normalized spacial score (nSPS) is 26.9. The van der Waals surface area contributed by atoms with Crippen molar-refractivity contribution in [1.29, 1.82) is 0 Å². The summed E-state index contributed by atoms with van der Waals surface area (Å²) in [5, 5.41) is 8.93. The monoisotopic (exact) mass is 325 g/mol. The molecule has 1 amide bonds. The first kappa shape index (κ1) is 15.9. The minimum atomic E-state index is -0.998. The number of carbonyl (C=O) groups excluding carboxylic acids is 1. The van der Waals surface area contributed by atoms with E-state index >= 15 is 0 Å². The van der Waals surface area contributed by atoms with Crippen molar-refractivity contribution in [2.24, 2.45) is 5.92 Å². The molecule has 1 aromatic rings. The van der Waals surface area contributed by atoms with Crippen molar-refractivity contribution < 1.29 is 28.2 Å². The second-order valence-electron chi connectivity index (χ2n) is 5.95. The second-order valence-corrected chi connectivity index (χ2v) is 5.95. The number of aliphatic carboxylic acids is 1. The van der Waals surface area contributed by atoms with E-state index in [0.29, 0.717) is 19.6 Å². The molecule has 2 fully saturated rings. The molecule has 7 heteroatoms. The van der Waals surface area contributed by atoms with Gasteiger partial charge in [-0.2, -0.15) is 0 Å². The standard InChI is InChI=1S/C16H17F2NO4/c17-13-3-1-2-10(15(13)18)11-7-12(11)16(22)19-4-5-23-8-9(19)6-14(20)21/h1-3,9,11-12H,4-8H2,(H,20,21). The third kappa shape index (κ3) is 3.19. The van der Waals surface area contributed by atoms with Gasteiger partial charge in [0.25, 0.3) is 0 Å². The van der Waals surface area contributed by atoms with Crippen molar-refractivity contribution in [1.82, 2.24) is 4.90 Å². The molecule has 1 aliphatic heterocycles. The maximum absolute atomic E-state index is 13.8. The summed E-state index contributed by atoms with van der Waals surface area (Å²) in [7, 11) is 0. The average molecular weight is 325 g/mol. The van der Waals surface area contributed by atoms with E-state index in [1.165, 1.54) is 17.0 Å². The first-order valence-corrected chi connectivity index (χ1v) is 7.53. The van der Waals surface area contributed by atoms with E-state index in [0.717, 1.165) is 6.07 Å². The molecule has 3 rings (SSSR count). The van der Waals surface area contributed by atoms with Crippen molar-refractivity contribution >= 4 is 11.9 Å². The summed E-state index contributed by atoms with van der Waals surface area (Å²) >= 11 is 0. The van der Waals surface area contributed by atoms with Gasteiger partial charge in [-0.15, -0.1) is 0 Å². The summed E-state index contributed by atoms with van der Waals surface area (Å²) in [6, 6.07) is 3.45. The van der Waals surface area contributed by atoms with Crippen LogP contribution in [0.5, 0.6) is 0 Å². The van der Waals surface area contributed by atoms with Gasteiger partial charge in [-0.05, 0) is 24.0 Å². The molecule has 3 unspecified atom stereocenters. The maximum Gasteiger partial charge on any atom is 0.305 e. The van der Waals surface area contributed by atoms with Gasteiger partial charge < -0.3 is 14.7 Å². The lowest BCUT2D eigenvalue weighted by atomic mass is 10.1. The molecule has 1 aromatic carbocycles. The second kappa shape index (κ2) is 6.23. The zero-order valence-corrected chi connectivity index (χ0v) is 12.4. The number of carboxylic acid groups (broad SMARTS) is 1. The molecule has 5 nitrogen and oxygen atoms in total. The van der Waals surface area contributed by atoms with Gasteiger partial charge in [-0.1, -0.05) is 12.1 Å². The Morgan fingerprint density at radius 1 is 1.35 bits per heavy atom. The summed E-state index contributed by atoms with van der Waals surface area (Å²) in [6.45, 7) is 0.864. The minimum Gasteiger partial charge on any atom is -0.481 e. The number of benzene rings is 1.